The predicted octanol–water partition coefficient (Wildman–Crippen LogP) is 2.02. The topological polar surface area (TPSA) is 41.1 Å². The van der Waals surface area contributed by atoms with Crippen molar-refractivity contribution in [1.29, 1.82) is 0 Å². The Morgan fingerprint density at radius 1 is 1.47 bits per heavy atom. The molecule has 4 heteroatoms. The summed E-state index contributed by atoms with van der Waals surface area (Å²) in [4.78, 5) is 11.7. The summed E-state index contributed by atoms with van der Waals surface area (Å²) in [6.07, 6.45) is 4.78. The van der Waals surface area contributed by atoms with Crippen molar-refractivity contribution in [3.8, 4) is 0 Å². The number of unbranched alkanes of at least 4 members (excludes halogenated alkanes) is 2. The van der Waals surface area contributed by atoms with Crippen LogP contribution in [-0.4, -0.2) is 36.5 Å². The van der Waals surface area contributed by atoms with Gasteiger partial charge in [-0.15, -0.1) is 0 Å². The summed E-state index contributed by atoms with van der Waals surface area (Å²) < 4.78 is 0. The molecule has 2 atom stereocenters. The second kappa shape index (κ2) is 8.81. The minimum Gasteiger partial charge on any atom is -0.355 e. The van der Waals surface area contributed by atoms with Crippen LogP contribution in [0.15, 0.2) is 0 Å². The van der Waals surface area contributed by atoms with Crippen LogP contribution in [0.5, 0.6) is 0 Å². The van der Waals surface area contributed by atoms with Gasteiger partial charge < -0.3 is 10.6 Å². The fourth-order valence-corrected chi connectivity index (χ4v) is 3.20. The molecule has 100 valence electrons. The van der Waals surface area contributed by atoms with Crippen molar-refractivity contribution in [3.63, 3.8) is 0 Å². The summed E-state index contributed by atoms with van der Waals surface area (Å²) in [5, 5.41) is 6.33. The fourth-order valence-electron chi connectivity index (χ4n) is 1.92. The lowest BCUT2D eigenvalue weighted by atomic mass is 10.1. The average Bonchev–Trinajstić information content (AvgIpc) is 2.84. The van der Waals surface area contributed by atoms with E-state index >= 15 is 0 Å². The number of nitrogens with one attached hydrogen (secondary N) is 2. The summed E-state index contributed by atoms with van der Waals surface area (Å²) in [5.41, 5.74) is 0. The Labute approximate surface area is 109 Å². The Hall–Kier alpha value is -0.220. The van der Waals surface area contributed by atoms with E-state index in [9.17, 15) is 4.79 Å². The van der Waals surface area contributed by atoms with E-state index in [1.54, 1.807) is 0 Å². The van der Waals surface area contributed by atoms with Crippen LogP contribution < -0.4 is 10.6 Å². The molecule has 1 amide bonds. The fraction of sp³-hybridized carbons (Fsp3) is 0.923. The number of carbonyl (C=O) groups excluding carboxylic acids is 1. The van der Waals surface area contributed by atoms with Crippen LogP contribution in [0.25, 0.3) is 0 Å². The summed E-state index contributed by atoms with van der Waals surface area (Å²) in [5.74, 6) is 3.43. The highest BCUT2D eigenvalue weighted by Gasteiger charge is 2.18. The second-order valence-corrected chi connectivity index (χ2v) is 6.01. The molecule has 17 heavy (non-hydrogen) atoms. The molecule has 2 unspecified atom stereocenters. The van der Waals surface area contributed by atoms with Gasteiger partial charge in [-0.2, -0.15) is 11.8 Å². The van der Waals surface area contributed by atoms with Crippen molar-refractivity contribution in [2.75, 3.05) is 24.6 Å². The molecule has 1 saturated heterocycles. The third-order valence-corrected chi connectivity index (χ3v) is 4.44. The third-order valence-electron chi connectivity index (χ3n) is 3.21. The van der Waals surface area contributed by atoms with Crippen LogP contribution in [0, 0.1) is 5.92 Å². The number of rotatable bonds is 8. The molecule has 1 aliphatic heterocycles. The van der Waals surface area contributed by atoms with Crippen LogP contribution in [-0.2, 0) is 4.79 Å². The van der Waals surface area contributed by atoms with E-state index < -0.39 is 0 Å². The summed E-state index contributed by atoms with van der Waals surface area (Å²) in [7, 11) is 0. The SMILES string of the molecule is CCCCCNC(=O)C(C)NCC1CCSC1. The zero-order valence-electron chi connectivity index (χ0n) is 11.1. The average molecular weight is 258 g/mol. The van der Waals surface area contributed by atoms with Crippen LogP contribution in [0.2, 0.25) is 0 Å². The largest absolute Gasteiger partial charge is 0.355 e. The molecule has 1 heterocycles. The number of amides is 1. The summed E-state index contributed by atoms with van der Waals surface area (Å²) in [6.45, 7) is 5.93. The molecule has 0 aromatic carbocycles. The molecule has 0 saturated carbocycles. The molecule has 1 aliphatic rings. The first-order chi connectivity index (χ1) is 8.24. The third kappa shape index (κ3) is 6.32. The highest BCUT2D eigenvalue weighted by atomic mass is 32.2. The van der Waals surface area contributed by atoms with Crippen molar-refractivity contribution >= 4 is 17.7 Å². The highest BCUT2D eigenvalue weighted by molar-refractivity contribution is 7.99. The zero-order chi connectivity index (χ0) is 12.5. The summed E-state index contributed by atoms with van der Waals surface area (Å²) >= 11 is 2.02. The second-order valence-electron chi connectivity index (χ2n) is 4.86. The molecule has 0 bridgehead atoms. The van der Waals surface area contributed by atoms with Gasteiger partial charge in [0.2, 0.25) is 5.91 Å². The monoisotopic (exact) mass is 258 g/mol. The van der Waals surface area contributed by atoms with Gasteiger partial charge in [-0.3, -0.25) is 4.79 Å². The van der Waals surface area contributed by atoms with Crippen molar-refractivity contribution in [1.82, 2.24) is 10.6 Å². The van der Waals surface area contributed by atoms with E-state index in [1.165, 1.54) is 30.8 Å². The normalized spacial score (nSPS) is 21.4. The zero-order valence-corrected chi connectivity index (χ0v) is 11.9. The van der Waals surface area contributed by atoms with Crippen LogP contribution in [0.3, 0.4) is 0 Å². The first kappa shape index (κ1) is 14.8. The molecule has 2 N–H and O–H groups in total. The lowest BCUT2D eigenvalue weighted by molar-refractivity contribution is -0.122. The molecule has 0 aromatic rings. The maximum atomic E-state index is 11.7. The van der Waals surface area contributed by atoms with E-state index in [-0.39, 0.29) is 11.9 Å². The molecule has 0 radical (unpaired) electrons. The Balaban J connectivity index is 2.04. The molecule has 3 nitrogen and oxygen atoms in total. The molecule has 1 fully saturated rings. The number of hydrogen-bond donors (Lipinski definition) is 2. The van der Waals surface area contributed by atoms with Gasteiger partial charge in [-0.05, 0) is 43.7 Å². The van der Waals surface area contributed by atoms with E-state index in [2.05, 4.69) is 17.6 Å². The Morgan fingerprint density at radius 2 is 2.29 bits per heavy atom. The van der Waals surface area contributed by atoms with E-state index in [0.717, 1.165) is 25.4 Å². The molecular formula is C13H26N2OS. The number of thioether (sulfide) groups is 1. The lowest BCUT2D eigenvalue weighted by Crippen LogP contribution is -2.44. The van der Waals surface area contributed by atoms with Crippen LogP contribution in [0.4, 0.5) is 0 Å². The van der Waals surface area contributed by atoms with E-state index in [1.807, 2.05) is 18.7 Å². The molecule has 0 aliphatic carbocycles. The van der Waals surface area contributed by atoms with Gasteiger partial charge in [0.15, 0.2) is 0 Å². The first-order valence-corrected chi connectivity index (χ1v) is 7.98. The Morgan fingerprint density at radius 3 is 2.94 bits per heavy atom. The van der Waals surface area contributed by atoms with Gasteiger partial charge in [0.05, 0.1) is 6.04 Å². The highest BCUT2D eigenvalue weighted by Crippen LogP contribution is 2.22. The smallest absolute Gasteiger partial charge is 0.236 e. The molecule has 0 aromatic heterocycles. The van der Waals surface area contributed by atoms with E-state index in [0.29, 0.717) is 0 Å². The van der Waals surface area contributed by atoms with Crippen molar-refractivity contribution in [2.24, 2.45) is 5.92 Å². The van der Waals surface area contributed by atoms with Gasteiger partial charge in [-0.25, -0.2) is 0 Å². The maximum absolute atomic E-state index is 11.7. The lowest BCUT2D eigenvalue weighted by Gasteiger charge is -2.16. The Kier molecular flexibility index (Phi) is 7.69. The van der Waals surface area contributed by atoms with Gasteiger partial charge in [0.1, 0.15) is 0 Å². The molecular weight excluding hydrogens is 232 g/mol. The van der Waals surface area contributed by atoms with Gasteiger partial charge >= 0.3 is 0 Å². The Bertz CT molecular complexity index is 217. The van der Waals surface area contributed by atoms with Crippen molar-refractivity contribution in [3.05, 3.63) is 0 Å². The van der Waals surface area contributed by atoms with Crippen LogP contribution >= 0.6 is 11.8 Å². The maximum Gasteiger partial charge on any atom is 0.236 e. The van der Waals surface area contributed by atoms with E-state index in [4.69, 9.17) is 0 Å². The quantitative estimate of drug-likeness (QED) is 0.655. The predicted molar refractivity (Wildman–Crippen MR) is 75.4 cm³/mol. The molecule has 1 rings (SSSR count). The van der Waals surface area contributed by atoms with Crippen molar-refractivity contribution < 1.29 is 4.79 Å². The standard InChI is InChI=1S/C13H26N2OS/c1-3-4-5-7-14-13(16)11(2)15-9-12-6-8-17-10-12/h11-12,15H,3-10H2,1-2H3,(H,14,16). The van der Waals surface area contributed by atoms with Crippen molar-refractivity contribution in [2.45, 2.75) is 45.6 Å². The van der Waals surface area contributed by atoms with Gasteiger partial charge in [0.25, 0.3) is 0 Å². The number of hydrogen-bond acceptors (Lipinski definition) is 3. The van der Waals surface area contributed by atoms with Gasteiger partial charge in [-0.1, -0.05) is 19.8 Å². The summed E-state index contributed by atoms with van der Waals surface area (Å²) in [6, 6.07) is -0.0535. The first-order valence-electron chi connectivity index (χ1n) is 6.83. The van der Waals surface area contributed by atoms with Crippen LogP contribution in [0.1, 0.15) is 39.5 Å². The number of carbonyl (C=O) groups is 1. The molecule has 0 spiro atoms. The minimum atomic E-state index is -0.0535. The van der Waals surface area contributed by atoms with Gasteiger partial charge in [0, 0.05) is 6.54 Å². The minimum absolute atomic E-state index is 0.0535.